The van der Waals surface area contributed by atoms with Gasteiger partial charge in [0.05, 0.1) is 12.9 Å². The third-order valence-corrected chi connectivity index (χ3v) is 3.46. The number of alkyl halides is 4. The van der Waals surface area contributed by atoms with Gasteiger partial charge in [-0.05, 0) is 0 Å². The second-order valence-electron chi connectivity index (χ2n) is 4.39. The lowest BCUT2D eigenvalue weighted by atomic mass is 10.1. The Hall–Kier alpha value is -1.52. The molecular weight excluding hydrogens is 320 g/mol. The Balaban J connectivity index is 2.13. The molecule has 0 spiro atoms. The van der Waals surface area contributed by atoms with E-state index in [2.05, 4.69) is 19.7 Å². The van der Waals surface area contributed by atoms with Gasteiger partial charge >= 0.3 is 11.8 Å². The summed E-state index contributed by atoms with van der Waals surface area (Å²) in [6.07, 6.45) is -2.84. The van der Waals surface area contributed by atoms with Gasteiger partial charge in [-0.25, -0.2) is 15.0 Å². The highest BCUT2D eigenvalue weighted by molar-refractivity contribution is 6.33. The van der Waals surface area contributed by atoms with Gasteiger partial charge in [0.1, 0.15) is 11.8 Å². The Kier molecular flexibility index (Phi) is 3.08. The normalized spacial score (nSPS) is 27.3. The zero-order chi connectivity index (χ0) is 15.4. The van der Waals surface area contributed by atoms with Gasteiger partial charge in [-0.2, -0.15) is 17.6 Å². The summed E-state index contributed by atoms with van der Waals surface area (Å²) in [5.74, 6) is -9.08. The number of aromatic nitrogens is 4. The van der Waals surface area contributed by atoms with E-state index < -0.39 is 30.8 Å². The van der Waals surface area contributed by atoms with E-state index in [-0.39, 0.29) is 16.3 Å². The summed E-state index contributed by atoms with van der Waals surface area (Å²) in [5, 5.41) is 8.69. The van der Waals surface area contributed by atoms with Crippen molar-refractivity contribution in [3.05, 3.63) is 17.8 Å². The molecule has 0 amide bonds. The van der Waals surface area contributed by atoms with Crippen molar-refractivity contribution in [2.75, 3.05) is 6.61 Å². The van der Waals surface area contributed by atoms with E-state index in [0.717, 1.165) is 12.7 Å². The predicted molar refractivity (Wildman–Crippen MR) is 61.2 cm³/mol. The molecule has 2 atom stereocenters. The van der Waals surface area contributed by atoms with Crippen LogP contribution in [0.4, 0.5) is 17.6 Å². The van der Waals surface area contributed by atoms with Gasteiger partial charge in [0, 0.05) is 0 Å². The molecule has 2 aromatic rings. The van der Waals surface area contributed by atoms with Gasteiger partial charge in [0.25, 0.3) is 0 Å². The molecule has 1 aliphatic heterocycles. The van der Waals surface area contributed by atoms with E-state index in [1.54, 1.807) is 0 Å². The van der Waals surface area contributed by atoms with Crippen molar-refractivity contribution in [1.82, 2.24) is 19.5 Å². The number of fused-ring (bicyclic) bond motifs is 1. The number of aliphatic hydroxyl groups is 1. The molecule has 1 fully saturated rings. The van der Waals surface area contributed by atoms with Gasteiger partial charge in [-0.15, -0.1) is 0 Å². The number of hydrogen-bond donors (Lipinski definition) is 1. The average molecular weight is 327 g/mol. The third kappa shape index (κ3) is 1.82. The molecule has 6 nitrogen and oxygen atoms in total. The zero-order valence-corrected chi connectivity index (χ0v) is 10.8. The number of nitrogens with zero attached hydrogens (tertiary/aromatic N) is 4. The third-order valence-electron chi connectivity index (χ3n) is 3.18. The second-order valence-corrected chi connectivity index (χ2v) is 4.75. The van der Waals surface area contributed by atoms with Crippen molar-refractivity contribution in [2.24, 2.45) is 0 Å². The molecular formula is C10H7ClF4N4O2. The molecule has 114 valence electrons. The van der Waals surface area contributed by atoms with E-state index in [0.29, 0.717) is 4.57 Å². The first-order valence-electron chi connectivity index (χ1n) is 5.65. The first-order valence-corrected chi connectivity index (χ1v) is 6.03. The number of aliphatic hydroxyl groups excluding tert-OH is 1. The minimum Gasteiger partial charge on any atom is -0.393 e. The minimum absolute atomic E-state index is 0.0191. The first-order chi connectivity index (χ1) is 9.80. The fourth-order valence-electron chi connectivity index (χ4n) is 2.10. The lowest BCUT2D eigenvalue weighted by Gasteiger charge is -2.23. The predicted octanol–water partition coefficient (Wildman–Crippen LogP) is 1.64. The zero-order valence-electron chi connectivity index (χ0n) is 10.1. The summed E-state index contributed by atoms with van der Waals surface area (Å²) >= 11 is 5.72. The molecule has 0 saturated carbocycles. The van der Waals surface area contributed by atoms with E-state index in [9.17, 15) is 17.6 Å². The Morgan fingerprint density at radius 1 is 1.24 bits per heavy atom. The molecule has 1 N–H and O–H groups in total. The summed E-state index contributed by atoms with van der Waals surface area (Å²) in [6.45, 7) is -1.25. The molecule has 3 heterocycles. The summed E-state index contributed by atoms with van der Waals surface area (Å²) in [5.41, 5.74) is -0.191. The monoisotopic (exact) mass is 326 g/mol. The smallest absolute Gasteiger partial charge is 0.356 e. The first kappa shape index (κ1) is 14.4. The molecule has 0 bridgehead atoms. The minimum atomic E-state index is -4.55. The summed E-state index contributed by atoms with van der Waals surface area (Å²) in [4.78, 5) is 11.0. The lowest BCUT2D eigenvalue weighted by molar-refractivity contribution is -0.209. The lowest BCUT2D eigenvalue weighted by Crippen LogP contribution is -2.46. The van der Waals surface area contributed by atoms with Gasteiger partial charge in [0.2, 0.25) is 6.23 Å². The molecule has 0 aliphatic carbocycles. The molecule has 1 aliphatic rings. The Labute approximate surface area is 119 Å². The number of halogens is 5. The largest absolute Gasteiger partial charge is 0.393 e. The Morgan fingerprint density at radius 3 is 2.57 bits per heavy atom. The fourth-order valence-corrected chi connectivity index (χ4v) is 2.28. The van der Waals surface area contributed by atoms with E-state index in [4.69, 9.17) is 16.7 Å². The maximum Gasteiger partial charge on any atom is 0.356 e. The maximum atomic E-state index is 13.9. The van der Waals surface area contributed by atoms with Crippen LogP contribution >= 0.6 is 11.6 Å². The van der Waals surface area contributed by atoms with Gasteiger partial charge < -0.3 is 9.84 Å². The van der Waals surface area contributed by atoms with Crippen LogP contribution in [0.15, 0.2) is 12.7 Å². The van der Waals surface area contributed by atoms with E-state index >= 15 is 0 Å². The average Bonchev–Trinajstić information content (AvgIpc) is 2.90. The van der Waals surface area contributed by atoms with Crippen molar-refractivity contribution in [1.29, 1.82) is 0 Å². The van der Waals surface area contributed by atoms with Gasteiger partial charge in [-0.1, -0.05) is 11.6 Å². The van der Waals surface area contributed by atoms with Crippen LogP contribution < -0.4 is 0 Å². The molecule has 0 radical (unpaired) electrons. The van der Waals surface area contributed by atoms with E-state index in [1.165, 1.54) is 0 Å². The highest BCUT2D eigenvalue weighted by Gasteiger charge is 2.73. The maximum absolute atomic E-state index is 13.9. The van der Waals surface area contributed by atoms with Crippen molar-refractivity contribution in [3.8, 4) is 0 Å². The topological polar surface area (TPSA) is 73.1 Å². The standard InChI is InChI=1S/C10H7ClF4N4O2/c11-6-5-7(17-2-16-6)19(3-18-5)8-10(14,15)9(12,13)4(1-20)21-8/h2-4,8,20H,1H2/t4-,8+/m1/s1. The molecule has 2 aromatic heterocycles. The number of hydrogen-bond acceptors (Lipinski definition) is 5. The van der Waals surface area contributed by atoms with Crippen LogP contribution in [0.3, 0.4) is 0 Å². The van der Waals surface area contributed by atoms with Crippen molar-refractivity contribution in [2.45, 2.75) is 24.2 Å². The quantitative estimate of drug-likeness (QED) is 0.671. The van der Waals surface area contributed by atoms with Crippen molar-refractivity contribution < 1.29 is 27.4 Å². The van der Waals surface area contributed by atoms with Crippen molar-refractivity contribution in [3.63, 3.8) is 0 Å². The Bertz CT molecular complexity index is 695. The molecule has 3 rings (SSSR count). The van der Waals surface area contributed by atoms with Crippen LogP contribution in [0.25, 0.3) is 11.2 Å². The number of ether oxygens (including phenoxy) is 1. The van der Waals surface area contributed by atoms with E-state index in [1.807, 2.05) is 0 Å². The van der Waals surface area contributed by atoms with Gasteiger partial charge in [-0.3, -0.25) is 4.57 Å². The molecule has 1 saturated heterocycles. The molecule has 0 aromatic carbocycles. The van der Waals surface area contributed by atoms with Crippen molar-refractivity contribution >= 4 is 22.8 Å². The van der Waals surface area contributed by atoms with Crippen LogP contribution in [-0.4, -0.2) is 49.2 Å². The van der Waals surface area contributed by atoms with Crippen LogP contribution in [0, 0.1) is 0 Å². The fraction of sp³-hybridized carbons (Fsp3) is 0.500. The van der Waals surface area contributed by atoms with Crippen LogP contribution in [0.1, 0.15) is 6.23 Å². The molecule has 0 unspecified atom stereocenters. The number of imidazole rings is 1. The second kappa shape index (κ2) is 4.49. The summed E-state index contributed by atoms with van der Waals surface area (Å²) in [6, 6.07) is 0. The highest BCUT2D eigenvalue weighted by atomic mass is 35.5. The Morgan fingerprint density at radius 2 is 1.95 bits per heavy atom. The van der Waals surface area contributed by atoms with Crippen LogP contribution in [0.5, 0.6) is 0 Å². The SMILES string of the molecule is OC[C@H]1O[C@H](n2cnc3c(Cl)ncnc32)C(F)(F)C1(F)F. The summed E-state index contributed by atoms with van der Waals surface area (Å²) in [7, 11) is 0. The molecule has 11 heteroatoms. The number of rotatable bonds is 2. The van der Waals surface area contributed by atoms with Crippen LogP contribution in [-0.2, 0) is 4.74 Å². The summed E-state index contributed by atoms with van der Waals surface area (Å²) < 4.78 is 60.2. The molecule has 21 heavy (non-hydrogen) atoms. The van der Waals surface area contributed by atoms with Crippen LogP contribution in [0.2, 0.25) is 5.15 Å². The highest BCUT2D eigenvalue weighted by Crippen LogP contribution is 2.53. The van der Waals surface area contributed by atoms with Gasteiger partial charge in [0.15, 0.2) is 16.9 Å².